The molecule has 0 spiro atoms. The number of hydrogen-bond acceptors (Lipinski definition) is 3. The molecule has 1 rings (SSSR count). The van der Waals surface area contributed by atoms with E-state index in [4.69, 9.17) is 9.47 Å². The number of ether oxygens (including phenoxy) is 2. The van der Waals surface area contributed by atoms with Crippen LogP contribution in [0, 0.1) is 0 Å². The molecule has 3 nitrogen and oxygen atoms in total. The Morgan fingerprint density at radius 2 is 1.60 bits per heavy atom. The summed E-state index contributed by atoms with van der Waals surface area (Å²) in [6.45, 7) is 0.702. The van der Waals surface area contributed by atoms with Crippen molar-refractivity contribution in [3.8, 4) is 17.2 Å². The van der Waals surface area contributed by atoms with Crippen LogP contribution < -0.4 is 9.47 Å². The van der Waals surface area contributed by atoms with Crippen LogP contribution in [-0.2, 0) is 5.92 Å². The van der Waals surface area contributed by atoms with Gasteiger partial charge in [-0.3, -0.25) is 0 Å². The molecule has 0 radical (unpaired) electrons. The molecule has 0 saturated carbocycles. The van der Waals surface area contributed by atoms with E-state index in [0.717, 1.165) is 12.1 Å². The molecule has 0 fully saturated rings. The standard InChI is InChI=1S/C10H12F2O3/c1-10(11,12)6-4-8(14-2)9(15-3)5-7(6)13/h4-5,13H,1-3H3. The summed E-state index contributed by atoms with van der Waals surface area (Å²) in [7, 11) is 2.70. The minimum absolute atomic E-state index is 0.159. The van der Waals surface area contributed by atoms with E-state index in [1.165, 1.54) is 14.2 Å². The van der Waals surface area contributed by atoms with Crippen LogP contribution in [0.25, 0.3) is 0 Å². The first-order valence-corrected chi connectivity index (χ1v) is 4.23. The molecule has 1 N–H and O–H groups in total. The van der Waals surface area contributed by atoms with Gasteiger partial charge in [0.15, 0.2) is 11.5 Å². The zero-order chi connectivity index (χ0) is 11.6. The van der Waals surface area contributed by atoms with Crippen molar-refractivity contribution in [1.29, 1.82) is 0 Å². The van der Waals surface area contributed by atoms with Gasteiger partial charge in [0.2, 0.25) is 0 Å². The van der Waals surface area contributed by atoms with Gasteiger partial charge in [-0.05, 0) is 6.07 Å². The number of benzene rings is 1. The zero-order valence-electron chi connectivity index (χ0n) is 8.67. The van der Waals surface area contributed by atoms with Crippen LogP contribution in [0.3, 0.4) is 0 Å². The molecular weight excluding hydrogens is 206 g/mol. The van der Waals surface area contributed by atoms with Crippen molar-refractivity contribution in [2.45, 2.75) is 12.8 Å². The van der Waals surface area contributed by atoms with Crippen molar-refractivity contribution in [3.63, 3.8) is 0 Å². The smallest absolute Gasteiger partial charge is 0.274 e. The summed E-state index contributed by atoms with van der Waals surface area (Å²) in [6, 6.07) is 2.17. The molecule has 0 aromatic heterocycles. The van der Waals surface area contributed by atoms with Gasteiger partial charge in [0.1, 0.15) is 5.75 Å². The highest BCUT2D eigenvalue weighted by Crippen LogP contribution is 2.41. The molecule has 0 bridgehead atoms. The quantitative estimate of drug-likeness (QED) is 0.847. The van der Waals surface area contributed by atoms with Gasteiger partial charge in [-0.1, -0.05) is 0 Å². The van der Waals surface area contributed by atoms with Crippen molar-refractivity contribution < 1.29 is 23.4 Å². The maximum atomic E-state index is 13.0. The lowest BCUT2D eigenvalue weighted by molar-refractivity contribution is 0.0149. The number of phenolic OH excluding ortho intramolecular Hbond substituents is 1. The van der Waals surface area contributed by atoms with Gasteiger partial charge in [0.25, 0.3) is 5.92 Å². The molecule has 0 saturated heterocycles. The van der Waals surface area contributed by atoms with E-state index in [2.05, 4.69) is 0 Å². The maximum Gasteiger partial charge on any atom is 0.274 e. The van der Waals surface area contributed by atoms with Crippen molar-refractivity contribution in [2.24, 2.45) is 0 Å². The first-order chi connectivity index (χ1) is 6.90. The predicted octanol–water partition coefficient (Wildman–Crippen LogP) is 2.52. The SMILES string of the molecule is COc1cc(O)c(C(C)(F)F)cc1OC. The van der Waals surface area contributed by atoms with Crippen LogP contribution >= 0.6 is 0 Å². The average Bonchev–Trinajstić information content (AvgIpc) is 2.15. The number of alkyl halides is 2. The van der Waals surface area contributed by atoms with Crippen LogP contribution in [0.5, 0.6) is 17.2 Å². The molecule has 5 heteroatoms. The fourth-order valence-electron chi connectivity index (χ4n) is 1.22. The molecule has 0 aliphatic heterocycles. The average molecular weight is 218 g/mol. The third-order valence-electron chi connectivity index (χ3n) is 1.97. The number of phenols is 1. The number of hydrogen-bond donors (Lipinski definition) is 1. The first kappa shape index (κ1) is 11.6. The van der Waals surface area contributed by atoms with E-state index in [1.807, 2.05) is 0 Å². The van der Waals surface area contributed by atoms with Gasteiger partial charge in [-0.15, -0.1) is 0 Å². The van der Waals surface area contributed by atoms with Gasteiger partial charge in [0.05, 0.1) is 19.8 Å². The summed E-state index contributed by atoms with van der Waals surface area (Å²) >= 11 is 0. The molecule has 0 amide bonds. The largest absolute Gasteiger partial charge is 0.507 e. The Balaban J connectivity index is 3.32. The minimum atomic E-state index is -3.12. The number of aromatic hydroxyl groups is 1. The first-order valence-electron chi connectivity index (χ1n) is 4.23. The second-order valence-corrected chi connectivity index (χ2v) is 3.11. The third kappa shape index (κ3) is 2.29. The second kappa shape index (κ2) is 3.92. The second-order valence-electron chi connectivity index (χ2n) is 3.11. The molecule has 1 aromatic carbocycles. The Morgan fingerprint density at radius 1 is 1.13 bits per heavy atom. The summed E-state index contributed by atoms with van der Waals surface area (Å²) in [4.78, 5) is 0. The predicted molar refractivity (Wildman–Crippen MR) is 50.8 cm³/mol. The molecule has 0 aliphatic carbocycles. The van der Waals surface area contributed by atoms with Gasteiger partial charge >= 0.3 is 0 Å². The lowest BCUT2D eigenvalue weighted by Crippen LogP contribution is -2.08. The van der Waals surface area contributed by atoms with Crippen LogP contribution in [0.1, 0.15) is 12.5 Å². The number of methoxy groups -OCH3 is 2. The van der Waals surface area contributed by atoms with Gasteiger partial charge in [-0.2, -0.15) is 0 Å². The summed E-state index contributed by atoms with van der Waals surface area (Å²) in [5, 5.41) is 9.36. The lowest BCUT2D eigenvalue weighted by Gasteiger charge is -2.15. The van der Waals surface area contributed by atoms with Crippen molar-refractivity contribution in [1.82, 2.24) is 0 Å². The Morgan fingerprint density at radius 3 is 2.00 bits per heavy atom. The van der Waals surface area contributed by atoms with Crippen molar-refractivity contribution in [3.05, 3.63) is 17.7 Å². The highest BCUT2D eigenvalue weighted by Gasteiger charge is 2.29. The number of halogens is 2. The van der Waals surface area contributed by atoms with E-state index in [0.29, 0.717) is 6.92 Å². The molecule has 1 aromatic rings. The van der Waals surface area contributed by atoms with E-state index in [1.54, 1.807) is 0 Å². The summed E-state index contributed by atoms with van der Waals surface area (Å²) in [5.41, 5.74) is -0.486. The van der Waals surface area contributed by atoms with Gasteiger partial charge < -0.3 is 14.6 Å². The maximum absolute atomic E-state index is 13.0. The summed E-state index contributed by atoms with van der Waals surface area (Å²) in [6.07, 6.45) is 0. The summed E-state index contributed by atoms with van der Waals surface area (Å²) < 4.78 is 35.7. The Labute approximate surface area is 86.2 Å². The highest BCUT2D eigenvalue weighted by molar-refractivity contribution is 5.51. The molecule has 15 heavy (non-hydrogen) atoms. The topological polar surface area (TPSA) is 38.7 Å². The van der Waals surface area contributed by atoms with E-state index in [-0.39, 0.29) is 11.5 Å². The van der Waals surface area contributed by atoms with Crippen molar-refractivity contribution >= 4 is 0 Å². The van der Waals surface area contributed by atoms with Crippen LogP contribution in [-0.4, -0.2) is 19.3 Å². The number of rotatable bonds is 3. The van der Waals surface area contributed by atoms with E-state index < -0.39 is 17.2 Å². The molecular formula is C10H12F2O3. The Bertz CT molecular complexity index is 358. The van der Waals surface area contributed by atoms with E-state index >= 15 is 0 Å². The highest BCUT2D eigenvalue weighted by atomic mass is 19.3. The van der Waals surface area contributed by atoms with Gasteiger partial charge in [0, 0.05) is 13.0 Å². The molecule has 0 atom stereocenters. The Hall–Kier alpha value is -1.52. The van der Waals surface area contributed by atoms with E-state index in [9.17, 15) is 13.9 Å². The lowest BCUT2D eigenvalue weighted by atomic mass is 10.1. The Kier molecular flexibility index (Phi) is 3.02. The van der Waals surface area contributed by atoms with Crippen molar-refractivity contribution in [2.75, 3.05) is 14.2 Å². The van der Waals surface area contributed by atoms with Gasteiger partial charge in [-0.25, -0.2) is 8.78 Å². The zero-order valence-corrected chi connectivity index (χ0v) is 8.67. The minimum Gasteiger partial charge on any atom is -0.507 e. The van der Waals surface area contributed by atoms with Crippen LogP contribution in [0.15, 0.2) is 12.1 Å². The molecule has 0 heterocycles. The molecule has 84 valence electrons. The monoisotopic (exact) mass is 218 g/mol. The molecule has 0 unspecified atom stereocenters. The fourth-order valence-corrected chi connectivity index (χ4v) is 1.22. The summed E-state index contributed by atoms with van der Waals surface area (Å²) in [5.74, 6) is -3.26. The third-order valence-corrected chi connectivity index (χ3v) is 1.97. The van der Waals surface area contributed by atoms with Crippen LogP contribution in [0.2, 0.25) is 0 Å². The fraction of sp³-hybridized carbons (Fsp3) is 0.400. The molecule has 0 aliphatic rings. The normalized spacial score (nSPS) is 11.3. The van der Waals surface area contributed by atoms with Crippen LogP contribution in [0.4, 0.5) is 8.78 Å².